The van der Waals surface area contributed by atoms with Crippen LogP contribution in [0.4, 0.5) is 0 Å². The molecule has 0 aliphatic rings. The minimum Gasteiger partial charge on any atom is -0.480 e. The van der Waals surface area contributed by atoms with Gasteiger partial charge in [0.2, 0.25) is 17.7 Å². The SMILES string of the molecule is CC(NC(=O)C(N)CCCCN)C(=O)NC(C(=O)NC(CO)C(=O)O)C(C)C. The Morgan fingerprint density at radius 3 is 2.00 bits per heavy atom. The number of amides is 3. The van der Waals surface area contributed by atoms with Gasteiger partial charge in [0.05, 0.1) is 12.6 Å². The van der Waals surface area contributed by atoms with E-state index in [4.69, 9.17) is 21.7 Å². The lowest BCUT2D eigenvalue weighted by atomic mass is 10.0. The predicted octanol–water partition coefficient (Wildman–Crippen LogP) is -2.35. The van der Waals surface area contributed by atoms with Crippen molar-refractivity contribution in [2.75, 3.05) is 13.2 Å². The number of aliphatic carboxylic acids is 1. The second-order valence-corrected chi connectivity index (χ2v) is 6.93. The first kappa shape index (κ1) is 25.8. The van der Waals surface area contributed by atoms with Crippen LogP contribution in [0.5, 0.6) is 0 Å². The first-order valence-electron chi connectivity index (χ1n) is 9.25. The molecule has 11 nitrogen and oxygen atoms in total. The number of aliphatic hydroxyl groups excluding tert-OH is 1. The summed E-state index contributed by atoms with van der Waals surface area (Å²) >= 11 is 0. The van der Waals surface area contributed by atoms with Crippen molar-refractivity contribution in [3.63, 3.8) is 0 Å². The molecule has 0 aromatic rings. The summed E-state index contributed by atoms with van der Waals surface area (Å²) in [7, 11) is 0. The fraction of sp³-hybridized carbons (Fsp3) is 0.765. The number of hydrogen-bond donors (Lipinski definition) is 7. The molecule has 0 rings (SSSR count). The topological polar surface area (TPSA) is 197 Å². The van der Waals surface area contributed by atoms with Crippen LogP contribution < -0.4 is 27.4 Å². The summed E-state index contributed by atoms with van der Waals surface area (Å²) in [5, 5.41) is 25.1. The first-order chi connectivity index (χ1) is 13.0. The maximum atomic E-state index is 12.3. The number of hydrogen-bond acceptors (Lipinski definition) is 7. The molecule has 4 atom stereocenters. The van der Waals surface area contributed by atoms with E-state index in [0.29, 0.717) is 19.4 Å². The van der Waals surface area contributed by atoms with Gasteiger partial charge in [-0.25, -0.2) is 4.79 Å². The quantitative estimate of drug-likeness (QED) is 0.166. The Balaban J connectivity index is 4.80. The third kappa shape index (κ3) is 9.11. The van der Waals surface area contributed by atoms with Gasteiger partial charge >= 0.3 is 5.97 Å². The highest BCUT2D eigenvalue weighted by Gasteiger charge is 2.30. The van der Waals surface area contributed by atoms with Crippen molar-refractivity contribution in [1.29, 1.82) is 0 Å². The van der Waals surface area contributed by atoms with Gasteiger partial charge in [0.15, 0.2) is 0 Å². The number of unbranched alkanes of at least 4 members (excludes halogenated alkanes) is 1. The molecule has 0 spiro atoms. The summed E-state index contributed by atoms with van der Waals surface area (Å²) in [4.78, 5) is 47.6. The number of aliphatic hydroxyl groups is 1. The Morgan fingerprint density at radius 1 is 0.929 bits per heavy atom. The summed E-state index contributed by atoms with van der Waals surface area (Å²) in [5.41, 5.74) is 11.2. The number of nitrogens with one attached hydrogen (secondary N) is 3. The molecule has 0 saturated carbocycles. The van der Waals surface area contributed by atoms with E-state index in [2.05, 4.69) is 16.0 Å². The Hall–Kier alpha value is -2.24. The van der Waals surface area contributed by atoms with Gasteiger partial charge in [0, 0.05) is 0 Å². The minimum atomic E-state index is -1.48. The van der Waals surface area contributed by atoms with Crippen LogP contribution in [0.25, 0.3) is 0 Å². The number of carboxylic acid groups (broad SMARTS) is 1. The van der Waals surface area contributed by atoms with Crippen LogP contribution >= 0.6 is 0 Å². The Bertz CT molecular complexity index is 542. The van der Waals surface area contributed by atoms with Gasteiger partial charge in [-0.1, -0.05) is 20.3 Å². The van der Waals surface area contributed by atoms with E-state index in [9.17, 15) is 19.2 Å². The Labute approximate surface area is 164 Å². The second-order valence-electron chi connectivity index (χ2n) is 6.93. The molecule has 0 heterocycles. The van der Waals surface area contributed by atoms with Crippen molar-refractivity contribution in [1.82, 2.24) is 16.0 Å². The lowest BCUT2D eigenvalue weighted by Gasteiger charge is -2.25. The first-order valence-corrected chi connectivity index (χ1v) is 9.25. The van der Waals surface area contributed by atoms with E-state index in [1.54, 1.807) is 13.8 Å². The van der Waals surface area contributed by atoms with E-state index in [0.717, 1.165) is 6.42 Å². The highest BCUT2D eigenvalue weighted by molar-refractivity contribution is 5.94. The molecule has 4 unspecified atom stereocenters. The molecule has 0 bridgehead atoms. The maximum Gasteiger partial charge on any atom is 0.328 e. The molecule has 0 radical (unpaired) electrons. The molecule has 3 amide bonds. The molecule has 11 heteroatoms. The monoisotopic (exact) mass is 403 g/mol. The van der Waals surface area contributed by atoms with Crippen LogP contribution in [-0.2, 0) is 19.2 Å². The summed E-state index contributed by atoms with van der Waals surface area (Å²) in [5.74, 6) is -3.61. The summed E-state index contributed by atoms with van der Waals surface area (Å²) in [6.07, 6.45) is 1.87. The van der Waals surface area contributed by atoms with Crippen molar-refractivity contribution in [2.24, 2.45) is 17.4 Å². The van der Waals surface area contributed by atoms with Crippen LogP contribution in [-0.4, -0.2) is 71.2 Å². The van der Waals surface area contributed by atoms with Gasteiger partial charge in [-0.15, -0.1) is 0 Å². The van der Waals surface area contributed by atoms with E-state index in [1.807, 2.05) is 0 Å². The largest absolute Gasteiger partial charge is 0.480 e. The van der Waals surface area contributed by atoms with Gasteiger partial charge in [-0.05, 0) is 32.2 Å². The zero-order valence-electron chi connectivity index (χ0n) is 16.6. The number of carboxylic acids is 1. The lowest BCUT2D eigenvalue weighted by molar-refractivity contribution is -0.143. The molecular formula is C17H33N5O6. The molecule has 0 aliphatic heterocycles. The molecule has 0 fully saturated rings. The van der Waals surface area contributed by atoms with Crippen LogP contribution in [0.2, 0.25) is 0 Å². The third-order valence-corrected chi connectivity index (χ3v) is 4.10. The average Bonchev–Trinajstić information content (AvgIpc) is 2.62. The molecule has 28 heavy (non-hydrogen) atoms. The smallest absolute Gasteiger partial charge is 0.328 e. The Kier molecular flexibility index (Phi) is 12.0. The van der Waals surface area contributed by atoms with E-state index < -0.39 is 54.5 Å². The maximum absolute atomic E-state index is 12.3. The lowest BCUT2D eigenvalue weighted by Crippen LogP contribution is -2.58. The Morgan fingerprint density at radius 2 is 1.54 bits per heavy atom. The van der Waals surface area contributed by atoms with Crippen molar-refractivity contribution in [2.45, 2.75) is 64.2 Å². The molecule has 9 N–H and O–H groups in total. The number of carbonyl (C=O) groups excluding carboxylic acids is 3. The van der Waals surface area contributed by atoms with Crippen LogP contribution in [0, 0.1) is 5.92 Å². The van der Waals surface area contributed by atoms with Crippen LogP contribution in [0.15, 0.2) is 0 Å². The summed E-state index contributed by atoms with van der Waals surface area (Å²) in [6.45, 7) is 4.49. The van der Waals surface area contributed by atoms with Crippen molar-refractivity contribution in [3.05, 3.63) is 0 Å². The fourth-order valence-corrected chi connectivity index (χ4v) is 2.29. The van der Waals surface area contributed by atoms with Crippen LogP contribution in [0.1, 0.15) is 40.0 Å². The predicted molar refractivity (Wildman–Crippen MR) is 102 cm³/mol. The summed E-state index contributed by atoms with van der Waals surface area (Å²) in [6, 6.07) is -4.24. The molecule has 0 saturated heterocycles. The van der Waals surface area contributed by atoms with Gasteiger partial charge in [-0.3, -0.25) is 14.4 Å². The number of nitrogens with two attached hydrogens (primary N) is 2. The fourth-order valence-electron chi connectivity index (χ4n) is 2.29. The second kappa shape index (κ2) is 13.0. The van der Waals surface area contributed by atoms with Gasteiger partial charge < -0.3 is 37.6 Å². The molecular weight excluding hydrogens is 370 g/mol. The zero-order chi connectivity index (χ0) is 21.9. The van der Waals surface area contributed by atoms with Crippen molar-refractivity contribution >= 4 is 23.7 Å². The number of carbonyl (C=O) groups is 4. The van der Waals surface area contributed by atoms with Gasteiger partial charge in [0.1, 0.15) is 18.1 Å². The standard InChI is InChI=1S/C17H33N5O6/c1-9(2)13(16(26)21-12(8-23)17(27)28)22-14(24)10(3)20-15(25)11(19)6-4-5-7-18/h9-13,23H,4-8,18-19H2,1-3H3,(H,20,25)(H,21,26)(H,22,24)(H,27,28). The molecule has 0 aromatic carbocycles. The normalized spacial score (nSPS) is 15.2. The van der Waals surface area contributed by atoms with Crippen LogP contribution in [0.3, 0.4) is 0 Å². The van der Waals surface area contributed by atoms with E-state index in [-0.39, 0.29) is 5.92 Å². The van der Waals surface area contributed by atoms with Crippen molar-refractivity contribution < 1.29 is 29.4 Å². The average molecular weight is 403 g/mol. The molecule has 0 aliphatic carbocycles. The van der Waals surface area contributed by atoms with E-state index in [1.165, 1.54) is 6.92 Å². The third-order valence-electron chi connectivity index (χ3n) is 4.10. The minimum absolute atomic E-state index is 0.362. The van der Waals surface area contributed by atoms with Crippen molar-refractivity contribution in [3.8, 4) is 0 Å². The highest BCUT2D eigenvalue weighted by atomic mass is 16.4. The number of rotatable bonds is 13. The van der Waals surface area contributed by atoms with E-state index >= 15 is 0 Å². The molecule has 0 aromatic heterocycles. The van der Waals surface area contributed by atoms with Gasteiger partial charge in [0.25, 0.3) is 0 Å². The summed E-state index contributed by atoms with van der Waals surface area (Å²) < 4.78 is 0. The molecule has 162 valence electrons. The highest BCUT2D eigenvalue weighted by Crippen LogP contribution is 2.04. The van der Waals surface area contributed by atoms with Gasteiger partial charge in [-0.2, -0.15) is 0 Å². The zero-order valence-corrected chi connectivity index (χ0v) is 16.6.